The zero-order valence-electron chi connectivity index (χ0n) is 25.5. The Morgan fingerprint density at radius 3 is 1.93 bits per heavy atom. The molecular weight excluding hydrogens is 573 g/mol. The zero-order valence-corrected chi connectivity index (χ0v) is 28.3. The number of thioether (sulfide) groups is 1. The number of rotatable bonds is 8. The van der Waals surface area contributed by atoms with Crippen LogP contribution < -0.4 is 0 Å². The average molecular weight is 619 g/mol. The first-order valence-corrected chi connectivity index (χ1v) is 19.6. The quantitative estimate of drug-likeness (QED) is 0.249. The number of aliphatic hydroxyl groups excluding tert-OH is 1. The Morgan fingerprint density at radius 1 is 0.854 bits per heavy atom. The minimum atomic E-state index is -3.01. The molecular formula is C31H46O7SSi2. The number of fused-ring (bicyclic) bond motifs is 1. The third-order valence-corrected chi connectivity index (χ3v) is 19.6. The highest BCUT2D eigenvalue weighted by Crippen LogP contribution is 2.48. The molecule has 2 fully saturated rings. The fourth-order valence-corrected chi connectivity index (χ4v) is 18.3. The van der Waals surface area contributed by atoms with Crippen LogP contribution in [-0.4, -0.2) is 64.7 Å². The van der Waals surface area contributed by atoms with E-state index in [2.05, 4.69) is 55.4 Å². The van der Waals surface area contributed by atoms with E-state index in [9.17, 15) is 9.90 Å². The number of carbonyl (C=O) groups excluding carboxylic acids is 1. The van der Waals surface area contributed by atoms with Crippen molar-refractivity contribution in [2.45, 2.75) is 112 Å². The lowest BCUT2D eigenvalue weighted by Gasteiger charge is -2.54. The van der Waals surface area contributed by atoms with Gasteiger partial charge >= 0.3 is 23.1 Å². The van der Waals surface area contributed by atoms with Crippen molar-refractivity contribution in [2.75, 3.05) is 6.61 Å². The highest BCUT2D eigenvalue weighted by atomic mass is 32.2. The molecule has 2 saturated heterocycles. The summed E-state index contributed by atoms with van der Waals surface area (Å²) < 4.78 is 34.0. The van der Waals surface area contributed by atoms with E-state index in [1.165, 1.54) is 11.8 Å². The maximum atomic E-state index is 13.2. The minimum Gasteiger partial charge on any atom is -0.452 e. The van der Waals surface area contributed by atoms with E-state index in [0.29, 0.717) is 5.56 Å². The summed E-state index contributed by atoms with van der Waals surface area (Å²) in [4.78, 5) is 14.2. The Balaban J connectivity index is 1.75. The highest BCUT2D eigenvalue weighted by Gasteiger charge is 2.61. The van der Waals surface area contributed by atoms with Crippen LogP contribution in [0.1, 0.15) is 65.7 Å². The van der Waals surface area contributed by atoms with Crippen LogP contribution in [0.5, 0.6) is 0 Å². The Bertz CT molecular complexity index is 1120. The van der Waals surface area contributed by atoms with Gasteiger partial charge in [-0.1, -0.05) is 104 Å². The molecule has 0 radical (unpaired) electrons. The van der Waals surface area contributed by atoms with Crippen LogP contribution in [0.3, 0.4) is 0 Å². The number of esters is 1. The third kappa shape index (κ3) is 6.70. The van der Waals surface area contributed by atoms with Gasteiger partial charge in [0.05, 0.1) is 12.2 Å². The van der Waals surface area contributed by atoms with Gasteiger partial charge in [-0.05, 0) is 46.4 Å². The van der Waals surface area contributed by atoms with Gasteiger partial charge in [-0.2, -0.15) is 0 Å². The van der Waals surface area contributed by atoms with Crippen LogP contribution in [0.25, 0.3) is 0 Å². The van der Waals surface area contributed by atoms with Crippen LogP contribution in [0.15, 0.2) is 65.6 Å². The average Bonchev–Trinajstić information content (AvgIpc) is 2.92. The first-order chi connectivity index (χ1) is 19.4. The topological polar surface area (TPSA) is 83.5 Å². The molecule has 10 heteroatoms. The molecule has 0 unspecified atom stereocenters. The smallest absolute Gasteiger partial charge is 0.338 e. The van der Waals surface area contributed by atoms with Gasteiger partial charge in [0, 0.05) is 4.90 Å². The Hall–Kier alpha value is -1.51. The van der Waals surface area contributed by atoms with E-state index >= 15 is 0 Å². The van der Waals surface area contributed by atoms with E-state index in [4.69, 9.17) is 22.4 Å². The standard InChI is InChI=1S/C31H46O7SSi2/c1-20(2)40(21(3)4)34-19-26-28(37-41(38-40,22(5)6)23(7)8)27(32)29(36-30(33)24-15-11-9-12-16-24)31(35-26)39-25-17-13-10-14-18-25/h9-18,20-23,26-29,31-32H,19H2,1-8H3/t26-,27+,28+,29-,31+/m1/s1. The van der Waals surface area contributed by atoms with E-state index in [1.807, 2.05) is 36.4 Å². The predicted octanol–water partition coefficient (Wildman–Crippen LogP) is 7.05. The summed E-state index contributed by atoms with van der Waals surface area (Å²) in [5.41, 5.74) is 0.293. The minimum absolute atomic E-state index is 0.0863. The van der Waals surface area contributed by atoms with Crippen molar-refractivity contribution in [3.05, 3.63) is 66.2 Å². The maximum absolute atomic E-state index is 13.2. The molecule has 0 bridgehead atoms. The maximum Gasteiger partial charge on any atom is 0.338 e. The second-order valence-electron chi connectivity index (χ2n) is 12.3. The van der Waals surface area contributed by atoms with Gasteiger partial charge in [-0.15, -0.1) is 0 Å². The second-order valence-corrected chi connectivity index (χ2v) is 22.3. The van der Waals surface area contributed by atoms with Gasteiger partial charge in [0.15, 0.2) is 6.10 Å². The molecule has 2 heterocycles. The van der Waals surface area contributed by atoms with Crippen molar-refractivity contribution in [1.29, 1.82) is 0 Å². The lowest BCUT2D eigenvalue weighted by Crippen LogP contribution is -2.70. The van der Waals surface area contributed by atoms with E-state index in [0.717, 1.165) is 4.90 Å². The summed E-state index contributed by atoms with van der Waals surface area (Å²) in [6.45, 7) is 17.5. The molecule has 0 spiro atoms. The van der Waals surface area contributed by atoms with Crippen molar-refractivity contribution >= 4 is 34.9 Å². The molecule has 0 amide bonds. The van der Waals surface area contributed by atoms with Crippen LogP contribution in [-0.2, 0) is 22.4 Å². The Labute approximate surface area is 251 Å². The molecule has 2 aromatic carbocycles. The van der Waals surface area contributed by atoms with Gasteiger partial charge in [0.2, 0.25) is 0 Å². The fourth-order valence-electron chi connectivity index (χ4n) is 5.93. The molecule has 41 heavy (non-hydrogen) atoms. The third-order valence-electron chi connectivity index (χ3n) is 8.20. The molecule has 1 N–H and O–H groups in total. The Kier molecular flexibility index (Phi) is 10.6. The summed E-state index contributed by atoms with van der Waals surface area (Å²) in [6.07, 6.45) is -3.46. The molecule has 2 aliphatic rings. The molecule has 226 valence electrons. The SMILES string of the molecule is CC(C)[Si]1(C(C)C)OC[C@H]2O[C@@H](Sc3ccccc3)[C@H](OC(=O)c3ccccc3)[C@@H](O)[C@H]2O[Si](C(C)C)(C(C)C)O1. The van der Waals surface area contributed by atoms with Gasteiger partial charge < -0.3 is 27.5 Å². The molecule has 7 nitrogen and oxygen atoms in total. The summed E-state index contributed by atoms with van der Waals surface area (Å²) in [7, 11) is -5.79. The summed E-state index contributed by atoms with van der Waals surface area (Å²) >= 11 is 1.43. The first-order valence-electron chi connectivity index (χ1n) is 14.7. The van der Waals surface area contributed by atoms with Crippen LogP contribution in [0.4, 0.5) is 0 Å². The number of benzene rings is 2. The lowest BCUT2D eigenvalue weighted by atomic mass is 10.00. The molecule has 4 rings (SSSR count). The van der Waals surface area contributed by atoms with Crippen molar-refractivity contribution in [1.82, 2.24) is 0 Å². The van der Waals surface area contributed by atoms with Crippen molar-refractivity contribution in [2.24, 2.45) is 0 Å². The fraction of sp³-hybridized carbons (Fsp3) is 0.581. The molecule has 0 aromatic heterocycles. The number of ether oxygens (including phenoxy) is 2. The monoisotopic (exact) mass is 618 g/mol. The first kappa shape index (κ1) is 32.4. The highest BCUT2D eigenvalue weighted by molar-refractivity contribution is 7.99. The summed E-state index contributed by atoms with van der Waals surface area (Å²) in [5, 5.41) is 12.0. The molecule has 2 aromatic rings. The summed E-state index contributed by atoms with van der Waals surface area (Å²) in [5.74, 6) is -0.518. The van der Waals surface area contributed by atoms with E-state index in [-0.39, 0.29) is 28.8 Å². The van der Waals surface area contributed by atoms with Crippen molar-refractivity contribution in [3.63, 3.8) is 0 Å². The van der Waals surface area contributed by atoms with Crippen molar-refractivity contribution in [3.8, 4) is 0 Å². The van der Waals surface area contributed by atoms with E-state index < -0.39 is 52.9 Å². The van der Waals surface area contributed by atoms with Gasteiger partial charge in [0.1, 0.15) is 23.7 Å². The second kappa shape index (κ2) is 13.4. The number of aliphatic hydroxyl groups is 1. The molecule has 5 atom stereocenters. The van der Waals surface area contributed by atoms with E-state index in [1.54, 1.807) is 24.3 Å². The van der Waals surface area contributed by atoms with Crippen molar-refractivity contribution < 1.29 is 32.3 Å². The van der Waals surface area contributed by atoms with Crippen LogP contribution >= 0.6 is 11.8 Å². The molecule has 0 saturated carbocycles. The van der Waals surface area contributed by atoms with Gasteiger partial charge in [0.25, 0.3) is 0 Å². The number of hydrogen-bond donors (Lipinski definition) is 1. The van der Waals surface area contributed by atoms with Crippen LogP contribution in [0.2, 0.25) is 22.2 Å². The molecule has 0 aliphatic carbocycles. The predicted molar refractivity (Wildman–Crippen MR) is 166 cm³/mol. The zero-order chi connectivity index (χ0) is 29.9. The normalized spacial score (nSPS) is 27.9. The largest absolute Gasteiger partial charge is 0.452 e. The van der Waals surface area contributed by atoms with Crippen LogP contribution in [0, 0.1) is 0 Å². The Morgan fingerprint density at radius 2 is 1.39 bits per heavy atom. The van der Waals surface area contributed by atoms with Gasteiger partial charge in [-0.25, -0.2) is 4.79 Å². The summed E-state index contributed by atoms with van der Waals surface area (Å²) in [6, 6.07) is 18.6. The lowest BCUT2D eigenvalue weighted by molar-refractivity contribution is -0.208. The number of hydrogen-bond acceptors (Lipinski definition) is 8. The molecule has 2 aliphatic heterocycles. The van der Waals surface area contributed by atoms with Gasteiger partial charge in [-0.3, -0.25) is 0 Å². The number of carbonyl (C=O) groups is 1.